The van der Waals surface area contributed by atoms with Crippen LogP contribution in [0.1, 0.15) is 18.1 Å². The fourth-order valence-corrected chi connectivity index (χ4v) is 1.02. The number of allylic oxidation sites excluding steroid dienone is 1. The Morgan fingerprint density at radius 2 is 2.08 bits per heavy atom. The molecule has 1 aromatic carbocycles. The van der Waals surface area contributed by atoms with E-state index in [-0.39, 0.29) is 0 Å². The molecule has 0 bridgehead atoms. The van der Waals surface area contributed by atoms with E-state index >= 15 is 0 Å². The predicted octanol–water partition coefficient (Wildman–Crippen LogP) is 2.62. The van der Waals surface area contributed by atoms with Crippen molar-refractivity contribution in [3.05, 3.63) is 41.6 Å². The largest absolute Gasteiger partial charge is 0.272 e. The first-order valence-corrected chi connectivity index (χ1v) is 3.91. The van der Waals surface area contributed by atoms with Gasteiger partial charge >= 0.3 is 0 Å². The molecule has 64 valence electrons. The van der Waals surface area contributed by atoms with Crippen LogP contribution in [-0.4, -0.2) is 6.72 Å². The molecule has 0 N–H and O–H groups in total. The average molecular weight is 170 g/mol. The van der Waals surface area contributed by atoms with Crippen LogP contribution < -0.4 is 0 Å². The van der Waals surface area contributed by atoms with Gasteiger partial charge in [0.15, 0.2) is 0 Å². The number of nitriles is 1. The van der Waals surface area contributed by atoms with Gasteiger partial charge in [0.2, 0.25) is 0 Å². The van der Waals surface area contributed by atoms with E-state index in [1.165, 1.54) is 0 Å². The Kier molecular flexibility index (Phi) is 2.99. The van der Waals surface area contributed by atoms with E-state index in [2.05, 4.69) is 17.8 Å². The molecule has 0 unspecified atom stereocenters. The minimum Gasteiger partial charge on any atom is -0.272 e. The minimum absolute atomic E-state index is 0.670. The highest BCUT2D eigenvalue weighted by Crippen LogP contribution is 2.13. The molecule has 0 spiro atoms. The van der Waals surface area contributed by atoms with Gasteiger partial charge < -0.3 is 0 Å². The van der Waals surface area contributed by atoms with Gasteiger partial charge in [0.1, 0.15) is 0 Å². The van der Waals surface area contributed by atoms with E-state index in [9.17, 15) is 0 Å². The molecule has 13 heavy (non-hydrogen) atoms. The maximum absolute atomic E-state index is 8.58. The molecule has 0 radical (unpaired) electrons. The molecule has 0 fully saturated rings. The zero-order valence-electron chi connectivity index (χ0n) is 7.49. The van der Waals surface area contributed by atoms with Gasteiger partial charge in [-0.15, -0.1) is 0 Å². The summed E-state index contributed by atoms with van der Waals surface area (Å²) in [6.07, 6.45) is 1.70. The maximum Gasteiger partial charge on any atom is 0.0991 e. The number of rotatable bonds is 2. The van der Waals surface area contributed by atoms with Crippen LogP contribution in [0.15, 0.2) is 35.5 Å². The van der Waals surface area contributed by atoms with E-state index in [1.54, 1.807) is 18.3 Å². The zero-order chi connectivity index (χ0) is 9.68. The van der Waals surface area contributed by atoms with Gasteiger partial charge in [-0.2, -0.15) is 5.26 Å². The molecular formula is C11H10N2. The zero-order valence-corrected chi connectivity index (χ0v) is 7.49. The molecule has 1 rings (SSSR count). The Hall–Kier alpha value is -1.88. The normalized spacial score (nSPS) is 10.6. The summed E-state index contributed by atoms with van der Waals surface area (Å²) in [6.45, 7) is 5.34. The van der Waals surface area contributed by atoms with Gasteiger partial charge in [0.25, 0.3) is 0 Å². The third-order valence-electron chi connectivity index (χ3n) is 1.75. The van der Waals surface area contributed by atoms with Crippen molar-refractivity contribution >= 4 is 12.3 Å². The lowest BCUT2D eigenvalue weighted by Gasteiger charge is -1.98. The summed E-state index contributed by atoms with van der Waals surface area (Å²) in [5.74, 6) is 0. The quantitative estimate of drug-likeness (QED) is 0.628. The molecule has 0 atom stereocenters. The minimum atomic E-state index is 0.670. The number of benzene rings is 1. The summed E-state index contributed by atoms with van der Waals surface area (Å²) in [6, 6.07) is 9.44. The molecule has 2 nitrogen and oxygen atoms in total. The number of hydrogen-bond acceptors (Lipinski definition) is 2. The van der Waals surface area contributed by atoms with Crippen LogP contribution in [0.5, 0.6) is 0 Å². The van der Waals surface area contributed by atoms with E-state index < -0.39 is 0 Å². The standard InChI is InChI=1S/C11H10N2/c1-9(8-13-2)11-5-3-10(7-12)4-6-11/h3-6,8H,2H2,1H3/b9-8+. The molecule has 0 aliphatic heterocycles. The fraction of sp³-hybridized carbons (Fsp3) is 0.0909. The van der Waals surface area contributed by atoms with Crippen LogP contribution in [-0.2, 0) is 0 Å². The van der Waals surface area contributed by atoms with E-state index in [0.717, 1.165) is 11.1 Å². The fourth-order valence-electron chi connectivity index (χ4n) is 1.02. The van der Waals surface area contributed by atoms with Crippen LogP contribution >= 0.6 is 0 Å². The molecule has 0 aliphatic rings. The molecular weight excluding hydrogens is 160 g/mol. The lowest BCUT2D eigenvalue weighted by Crippen LogP contribution is -1.79. The van der Waals surface area contributed by atoms with Gasteiger partial charge in [-0.1, -0.05) is 12.1 Å². The van der Waals surface area contributed by atoms with Gasteiger partial charge in [-0.3, -0.25) is 4.99 Å². The Morgan fingerprint density at radius 3 is 2.54 bits per heavy atom. The summed E-state index contributed by atoms with van der Waals surface area (Å²) >= 11 is 0. The summed E-state index contributed by atoms with van der Waals surface area (Å²) in [4.78, 5) is 3.68. The summed E-state index contributed by atoms with van der Waals surface area (Å²) in [7, 11) is 0. The van der Waals surface area contributed by atoms with Crippen molar-refractivity contribution in [2.75, 3.05) is 0 Å². The van der Waals surface area contributed by atoms with Crippen LogP contribution in [0, 0.1) is 11.3 Å². The molecule has 0 aromatic heterocycles. The third kappa shape index (κ3) is 2.28. The third-order valence-corrected chi connectivity index (χ3v) is 1.75. The molecule has 0 heterocycles. The first-order valence-electron chi connectivity index (χ1n) is 3.91. The topological polar surface area (TPSA) is 36.1 Å². The number of hydrogen-bond donors (Lipinski definition) is 0. The monoisotopic (exact) mass is 170 g/mol. The highest BCUT2D eigenvalue weighted by Gasteiger charge is 1.94. The highest BCUT2D eigenvalue weighted by molar-refractivity contribution is 5.64. The molecule has 0 saturated carbocycles. The first kappa shape index (κ1) is 9.21. The van der Waals surface area contributed by atoms with Crippen LogP contribution in [0.3, 0.4) is 0 Å². The molecule has 1 aromatic rings. The van der Waals surface area contributed by atoms with Crippen molar-refractivity contribution in [3.8, 4) is 6.07 Å². The van der Waals surface area contributed by atoms with Crippen molar-refractivity contribution in [2.24, 2.45) is 4.99 Å². The number of aliphatic imine (C=N–C) groups is 1. The van der Waals surface area contributed by atoms with Gasteiger partial charge in [-0.25, -0.2) is 0 Å². The Labute approximate surface area is 77.9 Å². The van der Waals surface area contributed by atoms with Crippen LogP contribution in [0.2, 0.25) is 0 Å². The second-order valence-electron chi connectivity index (χ2n) is 2.68. The lowest BCUT2D eigenvalue weighted by atomic mass is 10.1. The van der Waals surface area contributed by atoms with Crippen molar-refractivity contribution in [1.29, 1.82) is 5.26 Å². The lowest BCUT2D eigenvalue weighted by molar-refractivity contribution is 1.46. The second kappa shape index (κ2) is 4.22. The van der Waals surface area contributed by atoms with E-state index in [4.69, 9.17) is 5.26 Å². The highest BCUT2D eigenvalue weighted by atomic mass is 14.6. The maximum atomic E-state index is 8.58. The summed E-state index contributed by atoms with van der Waals surface area (Å²) in [5.41, 5.74) is 2.77. The van der Waals surface area contributed by atoms with Crippen molar-refractivity contribution in [2.45, 2.75) is 6.92 Å². The molecule has 0 saturated heterocycles. The van der Waals surface area contributed by atoms with Crippen LogP contribution in [0.25, 0.3) is 5.57 Å². The van der Waals surface area contributed by atoms with Crippen molar-refractivity contribution in [3.63, 3.8) is 0 Å². The summed E-state index contributed by atoms with van der Waals surface area (Å²) < 4.78 is 0. The van der Waals surface area contributed by atoms with Crippen molar-refractivity contribution < 1.29 is 0 Å². The average Bonchev–Trinajstić information content (AvgIpc) is 2.18. The Balaban J connectivity index is 3.00. The Morgan fingerprint density at radius 1 is 1.46 bits per heavy atom. The number of nitrogens with zero attached hydrogens (tertiary/aromatic N) is 2. The predicted molar refractivity (Wildman–Crippen MR) is 54.4 cm³/mol. The second-order valence-corrected chi connectivity index (χ2v) is 2.68. The molecule has 0 aliphatic carbocycles. The van der Waals surface area contributed by atoms with E-state index in [1.807, 2.05) is 19.1 Å². The first-order chi connectivity index (χ1) is 6.27. The van der Waals surface area contributed by atoms with Gasteiger partial charge in [0, 0.05) is 6.20 Å². The van der Waals surface area contributed by atoms with Gasteiger partial charge in [0.05, 0.1) is 11.6 Å². The molecule has 2 heteroatoms. The van der Waals surface area contributed by atoms with E-state index in [0.29, 0.717) is 5.56 Å². The SMILES string of the molecule is C=N/C=C(\C)c1ccc(C#N)cc1. The summed E-state index contributed by atoms with van der Waals surface area (Å²) in [5, 5.41) is 8.58. The molecule has 0 amide bonds. The smallest absolute Gasteiger partial charge is 0.0991 e. The Bertz CT molecular complexity index is 366. The van der Waals surface area contributed by atoms with Crippen LogP contribution in [0.4, 0.5) is 0 Å². The van der Waals surface area contributed by atoms with Gasteiger partial charge in [-0.05, 0) is 36.9 Å². The van der Waals surface area contributed by atoms with Crippen molar-refractivity contribution in [1.82, 2.24) is 0 Å².